The molecule has 0 amide bonds. The summed E-state index contributed by atoms with van der Waals surface area (Å²) < 4.78 is 6.08. The third-order valence-electron chi connectivity index (χ3n) is 4.89. The first-order chi connectivity index (χ1) is 12.1. The van der Waals surface area contributed by atoms with Gasteiger partial charge in [0.2, 0.25) is 0 Å². The summed E-state index contributed by atoms with van der Waals surface area (Å²) in [6, 6.07) is 0. The fourth-order valence-electron chi connectivity index (χ4n) is 3.24. The van der Waals surface area contributed by atoms with E-state index in [9.17, 15) is 4.79 Å². The predicted octanol–water partition coefficient (Wildman–Crippen LogP) is 1.48. The van der Waals surface area contributed by atoms with Crippen molar-refractivity contribution in [3.05, 3.63) is 11.9 Å². The fourth-order valence-corrected chi connectivity index (χ4v) is 3.24. The Balaban J connectivity index is 1.91. The van der Waals surface area contributed by atoms with Crippen molar-refractivity contribution in [2.75, 3.05) is 20.2 Å². The van der Waals surface area contributed by atoms with Gasteiger partial charge in [-0.1, -0.05) is 25.0 Å². The van der Waals surface area contributed by atoms with Crippen LogP contribution in [0.25, 0.3) is 0 Å². The molecule has 0 radical (unpaired) electrons. The number of guanidine groups is 1. The SMILES string of the molecule is CCNC(=NCc1cn(CC(=O)OC)nn1)NCC1(CC)CCCC1. The number of methoxy groups -OCH3 is 1. The molecule has 0 bridgehead atoms. The summed E-state index contributed by atoms with van der Waals surface area (Å²) in [5, 5.41) is 14.7. The highest BCUT2D eigenvalue weighted by Gasteiger charge is 2.31. The Morgan fingerprint density at radius 2 is 2.12 bits per heavy atom. The Bertz CT molecular complexity index is 577. The van der Waals surface area contributed by atoms with Crippen molar-refractivity contribution >= 4 is 11.9 Å². The number of aromatic nitrogens is 3. The monoisotopic (exact) mass is 350 g/mol. The molecule has 1 aromatic heterocycles. The molecule has 1 aromatic rings. The van der Waals surface area contributed by atoms with Crippen LogP contribution in [0.4, 0.5) is 0 Å². The third-order valence-corrected chi connectivity index (χ3v) is 4.89. The maximum absolute atomic E-state index is 11.3. The van der Waals surface area contributed by atoms with Gasteiger partial charge in [-0.25, -0.2) is 9.67 Å². The zero-order chi connectivity index (χ0) is 18.1. The molecule has 1 saturated carbocycles. The molecule has 0 aliphatic heterocycles. The second-order valence-electron chi connectivity index (χ2n) is 6.59. The molecule has 2 rings (SSSR count). The van der Waals surface area contributed by atoms with Gasteiger partial charge in [-0.05, 0) is 31.6 Å². The Morgan fingerprint density at radius 1 is 1.36 bits per heavy atom. The van der Waals surface area contributed by atoms with Crippen LogP contribution in [0.1, 0.15) is 51.6 Å². The molecule has 0 spiro atoms. The van der Waals surface area contributed by atoms with Gasteiger partial charge in [0, 0.05) is 13.1 Å². The van der Waals surface area contributed by atoms with Crippen molar-refractivity contribution in [2.45, 2.75) is 59.0 Å². The summed E-state index contributed by atoms with van der Waals surface area (Å²) >= 11 is 0. The number of carbonyl (C=O) groups excluding carboxylic acids is 1. The summed E-state index contributed by atoms with van der Waals surface area (Å²) in [6.07, 6.45) is 8.14. The van der Waals surface area contributed by atoms with Crippen LogP contribution >= 0.6 is 0 Å². The van der Waals surface area contributed by atoms with Crippen LogP contribution in [0.5, 0.6) is 0 Å². The molecule has 1 aliphatic rings. The van der Waals surface area contributed by atoms with Crippen LogP contribution in [-0.2, 0) is 22.6 Å². The van der Waals surface area contributed by atoms with E-state index in [0.29, 0.717) is 17.7 Å². The average Bonchev–Trinajstić information content (AvgIpc) is 3.27. The van der Waals surface area contributed by atoms with Crippen LogP contribution in [0.15, 0.2) is 11.2 Å². The molecule has 25 heavy (non-hydrogen) atoms. The van der Waals surface area contributed by atoms with Gasteiger partial charge in [0.25, 0.3) is 0 Å². The quantitative estimate of drug-likeness (QED) is 0.419. The van der Waals surface area contributed by atoms with Gasteiger partial charge in [0.05, 0.1) is 19.9 Å². The molecule has 140 valence electrons. The van der Waals surface area contributed by atoms with Gasteiger partial charge < -0.3 is 15.4 Å². The van der Waals surface area contributed by atoms with E-state index in [0.717, 1.165) is 19.0 Å². The average molecular weight is 350 g/mol. The summed E-state index contributed by atoms with van der Waals surface area (Å²) in [4.78, 5) is 15.8. The zero-order valence-electron chi connectivity index (χ0n) is 15.5. The first kappa shape index (κ1) is 19.2. The van der Waals surface area contributed by atoms with E-state index in [1.807, 2.05) is 0 Å². The van der Waals surface area contributed by atoms with Gasteiger partial charge in [-0.3, -0.25) is 4.79 Å². The Kier molecular flexibility index (Phi) is 7.21. The zero-order valence-corrected chi connectivity index (χ0v) is 15.5. The third kappa shape index (κ3) is 5.72. The molecule has 1 fully saturated rings. The van der Waals surface area contributed by atoms with Gasteiger partial charge in [-0.15, -0.1) is 5.10 Å². The van der Waals surface area contributed by atoms with E-state index in [1.165, 1.54) is 43.9 Å². The van der Waals surface area contributed by atoms with E-state index in [2.05, 4.69) is 44.5 Å². The van der Waals surface area contributed by atoms with Gasteiger partial charge in [-0.2, -0.15) is 0 Å². The number of esters is 1. The van der Waals surface area contributed by atoms with Crippen molar-refractivity contribution in [3.63, 3.8) is 0 Å². The number of aliphatic imine (C=N–C) groups is 1. The minimum Gasteiger partial charge on any atom is -0.468 e. The Hall–Kier alpha value is -2.12. The summed E-state index contributed by atoms with van der Waals surface area (Å²) in [6.45, 7) is 6.55. The molecule has 0 unspecified atom stereocenters. The number of hydrogen-bond donors (Lipinski definition) is 2. The van der Waals surface area contributed by atoms with E-state index in [-0.39, 0.29) is 12.5 Å². The van der Waals surface area contributed by atoms with Gasteiger partial charge in [0.15, 0.2) is 5.96 Å². The van der Waals surface area contributed by atoms with Crippen LogP contribution in [-0.4, -0.2) is 47.1 Å². The van der Waals surface area contributed by atoms with E-state index >= 15 is 0 Å². The lowest BCUT2D eigenvalue weighted by molar-refractivity contribution is -0.141. The highest BCUT2D eigenvalue weighted by atomic mass is 16.5. The normalized spacial score (nSPS) is 16.7. The number of nitrogens with one attached hydrogen (secondary N) is 2. The highest BCUT2D eigenvalue weighted by molar-refractivity contribution is 5.79. The van der Waals surface area contributed by atoms with Crippen molar-refractivity contribution in [1.29, 1.82) is 0 Å². The standard InChI is InChI=1S/C17H30N6O2/c1-4-17(8-6-7-9-17)13-20-16(18-5-2)19-10-14-11-23(22-21-14)12-15(24)25-3/h11H,4-10,12-13H2,1-3H3,(H2,18,19,20). The Morgan fingerprint density at radius 3 is 2.76 bits per heavy atom. The summed E-state index contributed by atoms with van der Waals surface area (Å²) in [5.41, 5.74) is 1.12. The first-order valence-corrected chi connectivity index (χ1v) is 9.09. The second-order valence-corrected chi connectivity index (χ2v) is 6.59. The molecule has 2 N–H and O–H groups in total. The topological polar surface area (TPSA) is 93.4 Å². The minimum atomic E-state index is -0.351. The van der Waals surface area contributed by atoms with Crippen LogP contribution in [0.3, 0.4) is 0 Å². The van der Waals surface area contributed by atoms with E-state index < -0.39 is 0 Å². The highest BCUT2D eigenvalue weighted by Crippen LogP contribution is 2.40. The van der Waals surface area contributed by atoms with E-state index in [4.69, 9.17) is 0 Å². The Labute approximate surface area is 149 Å². The molecule has 0 atom stereocenters. The van der Waals surface area contributed by atoms with Gasteiger partial charge >= 0.3 is 5.97 Å². The van der Waals surface area contributed by atoms with Gasteiger partial charge in [0.1, 0.15) is 12.2 Å². The molecular formula is C17H30N6O2. The summed E-state index contributed by atoms with van der Waals surface area (Å²) in [7, 11) is 1.35. The smallest absolute Gasteiger partial charge is 0.327 e. The van der Waals surface area contributed by atoms with Crippen molar-refractivity contribution < 1.29 is 9.53 Å². The van der Waals surface area contributed by atoms with Crippen LogP contribution in [0.2, 0.25) is 0 Å². The number of carbonyl (C=O) groups is 1. The lowest BCUT2D eigenvalue weighted by Gasteiger charge is -2.28. The first-order valence-electron chi connectivity index (χ1n) is 9.09. The molecular weight excluding hydrogens is 320 g/mol. The number of nitrogens with zero attached hydrogens (tertiary/aromatic N) is 4. The summed E-state index contributed by atoms with van der Waals surface area (Å²) in [5.74, 6) is 0.445. The van der Waals surface area contributed by atoms with Crippen LogP contribution in [0, 0.1) is 5.41 Å². The van der Waals surface area contributed by atoms with Crippen molar-refractivity contribution in [1.82, 2.24) is 25.6 Å². The molecule has 8 heteroatoms. The van der Waals surface area contributed by atoms with Crippen molar-refractivity contribution in [3.8, 4) is 0 Å². The predicted molar refractivity (Wildman–Crippen MR) is 96.0 cm³/mol. The number of rotatable bonds is 8. The molecule has 0 saturated heterocycles. The lowest BCUT2D eigenvalue weighted by atomic mass is 9.83. The molecule has 1 heterocycles. The number of hydrogen-bond acceptors (Lipinski definition) is 5. The lowest BCUT2D eigenvalue weighted by Crippen LogP contribution is -2.42. The van der Waals surface area contributed by atoms with E-state index in [1.54, 1.807) is 6.20 Å². The molecule has 0 aromatic carbocycles. The van der Waals surface area contributed by atoms with Crippen LogP contribution < -0.4 is 10.6 Å². The molecule has 1 aliphatic carbocycles. The maximum atomic E-state index is 11.3. The van der Waals surface area contributed by atoms with Crippen molar-refractivity contribution in [2.24, 2.45) is 10.4 Å². The fraction of sp³-hybridized carbons (Fsp3) is 0.765. The largest absolute Gasteiger partial charge is 0.468 e. The minimum absolute atomic E-state index is 0.0601. The number of ether oxygens (including phenoxy) is 1. The maximum Gasteiger partial charge on any atom is 0.327 e. The molecule has 8 nitrogen and oxygen atoms in total. The second kappa shape index (κ2) is 9.39.